The Morgan fingerprint density at radius 2 is 1.70 bits per heavy atom. The number of nitrogens with zero attached hydrogens (tertiary/aromatic N) is 2. The third-order valence-corrected chi connectivity index (χ3v) is 7.76. The summed E-state index contributed by atoms with van der Waals surface area (Å²) >= 11 is 12.3. The molecule has 0 bridgehead atoms. The number of benzene rings is 3. The molecule has 4 rings (SSSR count). The molecule has 0 saturated carbocycles. The zero-order valence-electron chi connectivity index (χ0n) is 21.5. The van der Waals surface area contributed by atoms with Crippen molar-refractivity contribution in [2.24, 2.45) is 5.92 Å². The van der Waals surface area contributed by atoms with Crippen molar-refractivity contribution in [2.45, 2.75) is 39.1 Å². The van der Waals surface area contributed by atoms with Gasteiger partial charge < -0.3 is 14.7 Å². The molecule has 1 amide bonds. The first-order valence-electron chi connectivity index (χ1n) is 12.6. The van der Waals surface area contributed by atoms with Gasteiger partial charge in [0.05, 0.1) is 35.4 Å². The highest BCUT2D eigenvalue weighted by atomic mass is 35.5. The molecule has 7 heteroatoms. The van der Waals surface area contributed by atoms with E-state index in [1.807, 2.05) is 74.6 Å². The van der Waals surface area contributed by atoms with Gasteiger partial charge in [0.15, 0.2) is 0 Å². The van der Waals surface area contributed by atoms with E-state index in [0.29, 0.717) is 41.8 Å². The molecule has 0 aromatic heterocycles. The Hall–Kier alpha value is -2.41. The van der Waals surface area contributed by atoms with Crippen molar-refractivity contribution >= 4 is 29.1 Å². The van der Waals surface area contributed by atoms with Gasteiger partial charge in [0.2, 0.25) is 0 Å². The minimum atomic E-state index is -0.325. The molecule has 1 heterocycles. The normalized spacial score (nSPS) is 19.2. The molecule has 3 atom stereocenters. The monoisotopic (exact) mass is 540 g/mol. The Morgan fingerprint density at radius 3 is 2.41 bits per heavy atom. The van der Waals surface area contributed by atoms with Crippen LogP contribution in [-0.4, -0.2) is 59.7 Å². The standard InChI is InChI=1S/C30H34Cl2N2O3/c1-20-15-34(21(2)18-35)30(36)26-11-7-6-10-25(26)24-9-5-4-8-23(24)19-37-29(20)17-33(3)16-22-12-13-27(31)28(32)14-22/h4-14,20-21,29,35H,15-19H2,1-3H3/t20-,21+,29+/m0/s1. The van der Waals surface area contributed by atoms with Crippen LogP contribution in [0, 0.1) is 5.92 Å². The van der Waals surface area contributed by atoms with Crippen molar-refractivity contribution in [2.75, 3.05) is 26.7 Å². The number of carbonyl (C=O) groups excluding carboxylic acids is 1. The van der Waals surface area contributed by atoms with E-state index in [-0.39, 0.29) is 30.6 Å². The Kier molecular flexibility index (Phi) is 9.27. The van der Waals surface area contributed by atoms with Crippen LogP contribution in [-0.2, 0) is 17.9 Å². The number of carbonyl (C=O) groups is 1. The molecule has 1 aliphatic heterocycles. The average molecular weight is 542 g/mol. The van der Waals surface area contributed by atoms with Crippen LogP contribution < -0.4 is 0 Å². The second-order valence-electron chi connectivity index (χ2n) is 9.96. The summed E-state index contributed by atoms with van der Waals surface area (Å²) in [5.74, 6) is -0.0600. The minimum absolute atomic E-state index is 0.0200. The summed E-state index contributed by atoms with van der Waals surface area (Å²) in [6.45, 7) is 6.12. The average Bonchev–Trinajstić information content (AvgIpc) is 2.92. The van der Waals surface area contributed by atoms with Crippen LogP contribution in [0.5, 0.6) is 0 Å². The summed E-state index contributed by atoms with van der Waals surface area (Å²) in [6.07, 6.45) is -0.150. The Balaban J connectivity index is 1.66. The van der Waals surface area contributed by atoms with Gasteiger partial charge in [-0.3, -0.25) is 9.69 Å². The Bertz CT molecular complexity index is 1230. The summed E-state index contributed by atoms with van der Waals surface area (Å²) in [6, 6.07) is 21.1. The number of aliphatic hydroxyl groups is 1. The molecule has 196 valence electrons. The van der Waals surface area contributed by atoms with E-state index in [1.54, 1.807) is 4.90 Å². The SMILES string of the molecule is C[C@H](CO)N1C[C@H](C)[C@@H](CN(C)Cc2ccc(Cl)c(Cl)c2)OCc2ccccc2-c2ccccc2C1=O. The van der Waals surface area contributed by atoms with Crippen LogP contribution in [0.3, 0.4) is 0 Å². The van der Waals surface area contributed by atoms with Crippen LogP contribution in [0.15, 0.2) is 66.7 Å². The zero-order valence-corrected chi connectivity index (χ0v) is 23.0. The number of aliphatic hydroxyl groups excluding tert-OH is 1. The number of rotatable bonds is 6. The fourth-order valence-electron chi connectivity index (χ4n) is 4.87. The van der Waals surface area contributed by atoms with Gasteiger partial charge in [-0.2, -0.15) is 0 Å². The molecule has 0 radical (unpaired) electrons. The van der Waals surface area contributed by atoms with E-state index >= 15 is 0 Å². The summed E-state index contributed by atoms with van der Waals surface area (Å²) in [5, 5.41) is 11.1. The van der Waals surface area contributed by atoms with Crippen LogP contribution >= 0.6 is 23.2 Å². The fourth-order valence-corrected chi connectivity index (χ4v) is 5.19. The summed E-state index contributed by atoms with van der Waals surface area (Å²) in [4.78, 5) is 17.9. The van der Waals surface area contributed by atoms with Gasteiger partial charge in [-0.1, -0.05) is 78.7 Å². The number of halogens is 2. The van der Waals surface area contributed by atoms with Gasteiger partial charge >= 0.3 is 0 Å². The van der Waals surface area contributed by atoms with E-state index in [9.17, 15) is 9.90 Å². The summed E-state index contributed by atoms with van der Waals surface area (Å²) in [5.41, 5.74) is 4.60. The highest BCUT2D eigenvalue weighted by Gasteiger charge is 2.30. The smallest absolute Gasteiger partial charge is 0.254 e. The van der Waals surface area contributed by atoms with Crippen LogP contribution in [0.25, 0.3) is 11.1 Å². The first-order valence-corrected chi connectivity index (χ1v) is 13.4. The molecule has 3 aromatic rings. The van der Waals surface area contributed by atoms with Gasteiger partial charge in [0.25, 0.3) is 5.91 Å². The quantitative estimate of drug-likeness (QED) is 0.407. The van der Waals surface area contributed by atoms with Gasteiger partial charge in [-0.25, -0.2) is 0 Å². The molecule has 37 heavy (non-hydrogen) atoms. The lowest BCUT2D eigenvalue weighted by Gasteiger charge is -2.35. The maximum atomic E-state index is 13.9. The van der Waals surface area contributed by atoms with Crippen LogP contribution in [0.1, 0.15) is 35.3 Å². The number of fused-ring (bicyclic) bond motifs is 3. The van der Waals surface area contributed by atoms with Crippen molar-refractivity contribution in [3.63, 3.8) is 0 Å². The fraction of sp³-hybridized carbons (Fsp3) is 0.367. The van der Waals surface area contributed by atoms with E-state index in [0.717, 1.165) is 22.3 Å². The third kappa shape index (κ3) is 6.54. The van der Waals surface area contributed by atoms with E-state index in [2.05, 4.69) is 17.9 Å². The maximum Gasteiger partial charge on any atom is 0.254 e. The number of amides is 1. The highest BCUT2D eigenvalue weighted by molar-refractivity contribution is 6.42. The zero-order chi connectivity index (χ0) is 26.5. The predicted molar refractivity (Wildman–Crippen MR) is 150 cm³/mol. The van der Waals surface area contributed by atoms with E-state index < -0.39 is 0 Å². The Morgan fingerprint density at radius 1 is 1.03 bits per heavy atom. The number of hydrogen-bond acceptors (Lipinski definition) is 4. The molecular weight excluding hydrogens is 507 g/mol. The topological polar surface area (TPSA) is 53.0 Å². The summed E-state index contributed by atoms with van der Waals surface area (Å²) < 4.78 is 6.59. The van der Waals surface area contributed by atoms with Crippen molar-refractivity contribution < 1.29 is 14.6 Å². The molecule has 0 aliphatic carbocycles. The highest BCUT2D eigenvalue weighted by Crippen LogP contribution is 2.31. The van der Waals surface area contributed by atoms with Gasteiger partial charge in [0, 0.05) is 31.1 Å². The molecule has 1 N–H and O–H groups in total. The van der Waals surface area contributed by atoms with E-state index in [1.165, 1.54) is 0 Å². The molecule has 5 nitrogen and oxygen atoms in total. The van der Waals surface area contributed by atoms with Gasteiger partial charge in [0.1, 0.15) is 0 Å². The first kappa shape index (κ1) is 27.6. The molecule has 0 saturated heterocycles. The molecular formula is C30H34Cl2N2O3. The van der Waals surface area contributed by atoms with Gasteiger partial charge in [-0.05, 0) is 54.4 Å². The lowest BCUT2D eigenvalue weighted by molar-refractivity contribution is -0.0241. The lowest BCUT2D eigenvalue weighted by Crippen LogP contribution is -2.47. The predicted octanol–water partition coefficient (Wildman–Crippen LogP) is 6.15. The molecule has 0 fully saturated rings. The molecule has 1 aliphatic rings. The number of likely N-dealkylation sites (N-methyl/N-ethyl adjacent to an activating group) is 1. The molecule has 0 unspecified atom stereocenters. The second kappa shape index (κ2) is 12.4. The van der Waals surface area contributed by atoms with Crippen molar-refractivity contribution in [1.82, 2.24) is 9.80 Å². The van der Waals surface area contributed by atoms with Gasteiger partial charge in [-0.15, -0.1) is 0 Å². The summed E-state index contributed by atoms with van der Waals surface area (Å²) in [7, 11) is 2.05. The maximum absolute atomic E-state index is 13.9. The second-order valence-corrected chi connectivity index (χ2v) is 10.8. The van der Waals surface area contributed by atoms with Crippen LogP contribution in [0.4, 0.5) is 0 Å². The van der Waals surface area contributed by atoms with Crippen molar-refractivity contribution in [1.29, 1.82) is 0 Å². The number of ether oxygens (including phenoxy) is 1. The third-order valence-electron chi connectivity index (χ3n) is 7.02. The minimum Gasteiger partial charge on any atom is -0.394 e. The Labute approximate surface area is 229 Å². The lowest BCUT2D eigenvalue weighted by atomic mass is 9.94. The van der Waals surface area contributed by atoms with Crippen molar-refractivity contribution in [3.05, 3.63) is 93.5 Å². The van der Waals surface area contributed by atoms with Crippen molar-refractivity contribution in [3.8, 4) is 11.1 Å². The number of hydrogen-bond donors (Lipinski definition) is 1. The molecule has 0 spiro atoms. The molecule has 3 aromatic carbocycles. The van der Waals surface area contributed by atoms with Crippen LogP contribution in [0.2, 0.25) is 10.0 Å². The first-order chi connectivity index (χ1) is 17.8. The van der Waals surface area contributed by atoms with E-state index in [4.69, 9.17) is 27.9 Å². The largest absolute Gasteiger partial charge is 0.394 e.